The highest BCUT2D eigenvalue weighted by Gasteiger charge is 2.42. The van der Waals surface area contributed by atoms with Crippen molar-refractivity contribution in [2.45, 2.75) is 107 Å². The third-order valence-corrected chi connectivity index (χ3v) is 13.8. The zero-order valence-corrected chi connectivity index (χ0v) is 39.9. The van der Waals surface area contributed by atoms with Gasteiger partial charge >= 0.3 is 0 Å². The van der Waals surface area contributed by atoms with Crippen LogP contribution < -0.4 is 5.32 Å². The Balaban J connectivity index is 1.29. The van der Waals surface area contributed by atoms with Crippen LogP contribution in [0.1, 0.15) is 78.6 Å². The number of allylic oxidation sites excluding steroid dienone is 11. The minimum atomic E-state index is -0.381. The number of carbonyl (C=O) groups is 2. The average Bonchev–Trinajstić information content (AvgIpc) is 3.34. The predicted octanol–water partition coefficient (Wildman–Crippen LogP) is 9.72. The molecule has 2 amide bonds. The SMILES string of the molecule is C=C[C@H](CO/C(C[C@@H]1NC[C@@H]2CC/C=C\C=C/C(=C)N2C(=O)C1=C)=C(/C)OC)C/C(=C\CCSCC(C)(C)S)COC1=C(OC)C[C@@H]2C(=O)N3C(=C)/C=C\C=C/CC[C@H]3C=N[C@@H]2C1. The van der Waals surface area contributed by atoms with Crippen LogP contribution in [0.15, 0.2) is 138 Å². The molecule has 4 heterocycles. The van der Waals surface area contributed by atoms with Gasteiger partial charge in [-0.25, -0.2) is 0 Å². The topological polar surface area (TPSA) is 102 Å². The Morgan fingerprint density at radius 2 is 1.75 bits per heavy atom. The highest BCUT2D eigenvalue weighted by atomic mass is 32.2. The maximum Gasteiger partial charge on any atom is 0.255 e. The molecule has 0 aromatic carbocycles. The number of carbonyl (C=O) groups excluding carboxylic acids is 2. The van der Waals surface area contributed by atoms with Gasteiger partial charge < -0.3 is 34.1 Å². The van der Waals surface area contributed by atoms with E-state index in [1.165, 1.54) is 0 Å². The molecule has 0 aromatic rings. The largest absolute Gasteiger partial charge is 0.498 e. The number of amides is 2. The number of nitrogens with zero attached hydrogens (tertiary/aromatic N) is 3. The van der Waals surface area contributed by atoms with Crippen molar-refractivity contribution in [2.75, 3.05) is 45.5 Å². The first kappa shape index (κ1) is 49.6. The number of methoxy groups -OCH3 is 2. The Morgan fingerprint density at radius 3 is 2.43 bits per heavy atom. The van der Waals surface area contributed by atoms with Crippen LogP contribution in [-0.2, 0) is 28.5 Å². The molecule has 5 rings (SSSR count). The van der Waals surface area contributed by atoms with E-state index in [0.29, 0.717) is 79.7 Å². The molecule has 0 unspecified atom stereocenters. The Labute approximate surface area is 386 Å². The summed E-state index contributed by atoms with van der Waals surface area (Å²) in [7, 11) is 3.27. The summed E-state index contributed by atoms with van der Waals surface area (Å²) in [5.41, 5.74) is 2.89. The van der Waals surface area contributed by atoms with Crippen molar-refractivity contribution in [2.24, 2.45) is 16.8 Å². The number of thioether (sulfide) groups is 1. The van der Waals surface area contributed by atoms with E-state index >= 15 is 0 Å². The highest BCUT2D eigenvalue weighted by Crippen LogP contribution is 2.38. The van der Waals surface area contributed by atoms with E-state index in [4.69, 9.17) is 36.6 Å². The summed E-state index contributed by atoms with van der Waals surface area (Å²) in [6.07, 6.45) is 28.0. The van der Waals surface area contributed by atoms with Gasteiger partial charge in [-0.15, -0.1) is 6.58 Å². The summed E-state index contributed by atoms with van der Waals surface area (Å²) >= 11 is 6.59. The number of thiol groups is 1. The lowest BCUT2D eigenvalue weighted by Crippen LogP contribution is -2.44. The molecule has 5 aliphatic rings. The Hall–Kier alpha value is -4.39. The van der Waals surface area contributed by atoms with E-state index in [2.05, 4.69) is 63.7 Å². The molecular weight excluding hydrogens is 829 g/mol. The molecule has 0 radical (unpaired) electrons. The number of hydrogen-bond acceptors (Lipinski definition) is 10. The van der Waals surface area contributed by atoms with Crippen LogP contribution >= 0.6 is 24.4 Å². The molecule has 1 aliphatic carbocycles. The maximum absolute atomic E-state index is 14.2. The molecule has 0 aromatic heterocycles. The van der Waals surface area contributed by atoms with Crippen molar-refractivity contribution in [3.63, 3.8) is 0 Å². The summed E-state index contributed by atoms with van der Waals surface area (Å²) in [6.45, 7) is 24.3. The van der Waals surface area contributed by atoms with E-state index in [9.17, 15) is 9.59 Å². The number of rotatable bonds is 18. The molecule has 6 atom stereocenters. The lowest BCUT2D eigenvalue weighted by molar-refractivity contribution is -0.135. The summed E-state index contributed by atoms with van der Waals surface area (Å²) < 4.78 is 24.9. The highest BCUT2D eigenvalue weighted by molar-refractivity contribution is 8.00. The van der Waals surface area contributed by atoms with Crippen LogP contribution in [0.5, 0.6) is 0 Å². The first-order valence-electron chi connectivity index (χ1n) is 22.3. The number of hydrogen-bond donors (Lipinski definition) is 2. The molecular formula is C51H70N4O6S2. The Kier molecular flexibility index (Phi) is 18.9. The molecule has 63 heavy (non-hydrogen) atoms. The summed E-state index contributed by atoms with van der Waals surface area (Å²) in [4.78, 5) is 36.7. The molecule has 12 heteroatoms. The van der Waals surface area contributed by atoms with Crippen LogP contribution in [0.25, 0.3) is 0 Å². The smallest absolute Gasteiger partial charge is 0.255 e. The van der Waals surface area contributed by atoms with E-state index < -0.39 is 0 Å². The van der Waals surface area contributed by atoms with Crippen molar-refractivity contribution < 1.29 is 28.5 Å². The second-order valence-electron chi connectivity index (χ2n) is 17.4. The molecule has 10 nitrogen and oxygen atoms in total. The van der Waals surface area contributed by atoms with Gasteiger partial charge in [-0.05, 0) is 68.9 Å². The number of ether oxygens (including phenoxy) is 4. The van der Waals surface area contributed by atoms with Gasteiger partial charge in [0.2, 0.25) is 5.91 Å². The first-order chi connectivity index (χ1) is 30.2. The van der Waals surface area contributed by atoms with Crippen LogP contribution in [0.2, 0.25) is 0 Å². The van der Waals surface area contributed by atoms with Gasteiger partial charge in [-0.1, -0.05) is 82.2 Å². The third-order valence-electron chi connectivity index (χ3n) is 12.0. The summed E-state index contributed by atoms with van der Waals surface area (Å²) in [5, 5.41) is 3.61. The maximum atomic E-state index is 14.2. The van der Waals surface area contributed by atoms with Gasteiger partial charge in [-0.3, -0.25) is 14.6 Å². The van der Waals surface area contributed by atoms with E-state index in [-0.39, 0.29) is 52.6 Å². The Bertz CT molecular complexity index is 1950. The third kappa shape index (κ3) is 14.0. The second-order valence-corrected chi connectivity index (χ2v) is 19.8. The van der Waals surface area contributed by atoms with E-state index in [0.717, 1.165) is 54.9 Å². The van der Waals surface area contributed by atoms with Crippen molar-refractivity contribution in [3.8, 4) is 0 Å². The van der Waals surface area contributed by atoms with Crippen molar-refractivity contribution in [3.05, 3.63) is 133 Å². The Morgan fingerprint density at radius 1 is 1.03 bits per heavy atom. The minimum absolute atomic E-state index is 0.0183. The summed E-state index contributed by atoms with van der Waals surface area (Å²) in [6, 6.07) is -0.845. The van der Waals surface area contributed by atoms with Gasteiger partial charge in [0.1, 0.15) is 29.6 Å². The van der Waals surface area contributed by atoms with Gasteiger partial charge in [0.25, 0.3) is 5.91 Å². The normalized spacial score (nSPS) is 27.6. The molecule has 342 valence electrons. The van der Waals surface area contributed by atoms with Crippen LogP contribution in [0.3, 0.4) is 0 Å². The minimum Gasteiger partial charge on any atom is -0.498 e. The molecule has 0 spiro atoms. The molecule has 1 saturated heterocycles. The van der Waals surface area contributed by atoms with Gasteiger partial charge in [0.05, 0.1) is 38.8 Å². The quantitative estimate of drug-likeness (QED) is 0.0462. The average molecular weight is 899 g/mol. The molecule has 0 saturated carbocycles. The number of nitrogens with one attached hydrogen (secondary N) is 1. The zero-order chi connectivity index (χ0) is 45.5. The summed E-state index contributed by atoms with van der Waals surface area (Å²) in [5.74, 6) is 4.00. The van der Waals surface area contributed by atoms with Crippen molar-refractivity contribution >= 4 is 42.4 Å². The fraction of sp³-hybridized carbons (Fsp3) is 0.510. The first-order valence-corrected chi connectivity index (χ1v) is 23.9. The predicted molar refractivity (Wildman–Crippen MR) is 262 cm³/mol. The number of aliphatic imine (C=N–C) groups is 1. The standard InChI is InChI=1S/C51H70N4O6S2/c1-10-39(32-60-46(38(5)58-8)28-44-37(4)49(56)54-35(2)20-15-11-13-17-23-41(54)30-52-44)26-40(22-19-25-63-34-51(6,7)62)33-61-48-29-45-43(27-47(48)59-9)50(57)55-36(3)21-16-12-14-18-24-42(55)31-53-45/h10-16,20-22,31,39,41-45,52,62H,1-4,17-19,23-30,32-34H2,5-9H3/b13-11-,14-12-,20-15-,21-16-,40-22+,46-38-/t39-,41-,42-,43-,44-,45+/m0/s1. The monoisotopic (exact) mass is 898 g/mol. The van der Waals surface area contributed by atoms with Gasteiger partial charge in [0, 0.05) is 77.5 Å². The molecule has 0 bridgehead atoms. The van der Waals surface area contributed by atoms with Gasteiger partial charge in [-0.2, -0.15) is 24.4 Å². The fourth-order valence-corrected chi connectivity index (χ4v) is 9.58. The lowest BCUT2D eigenvalue weighted by atomic mass is 9.86. The van der Waals surface area contributed by atoms with Crippen LogP contribution in [0, 0.1) is 11.8 Å². The molecule has 1 N–H and O–H groups in total. The fourth-order valence-electron chi connectivity index (χ4n) is 8.38. The van der Waals surface area contributed by atoms with E-state index in [1.807, 2.05) is 72.3 Å². The van der Waals surface area contributed by atoms with Crippen LogP contribution in [-0.4, -0.2) is 102 Å². The number of fused-ring (bicyclic) bond motifs is 3. The van der Waals surface area contributed by atoms with E-state index in [1.54, 1.807) is 19.1 Å². The van der Waals surface area contributed by atoms with Crippen molar-refractivity contribution in [1.82, 2.24) is 15.1 Å². The van der Waals surface area contributed by atoms with Crippen molar-refractivity contribution in [1.29, 1.82) is 0 Å². The molecule has 1 fully saturated rings. The van der Waals surface area contributed by atoms with Crippen LogP contribution in [0.4, 0.5) is 0 Å². The van der Waals surface area contributed by atoms with Gasteiger partial charge in [0.15, 0.2) is 0 Å². The zero-order valence-electron chi connectivity index (χ0n) is 38.2. The lowest BCUT2D eigenvalue weighted by Gasteiger charge is -2.34. The second kappa shape index (κ2) is 24.1. The molecule has 4 aliphatic heterocycles.